The number of nitrogens with zero attached hydrogens (tertiary/aromatic N) is 1. The van der Waals surface area contributed by atoms with Gasteiger partial charge in [0.15, 0.2) is 0 Å². The average molecular weight is 423 g/mol. The van der Waals surface area contributed by atoms with E-state index in [1.165, 1.54) is 6.42 Å². The lowest BCUT2D eigenvalue weighted by Crippen LogP contribution is -2.51. The van der Waals surface area contributed by atoms with Crippen LogP contribution in [0.1, 0.15) is 56.6 Å². The van der Waals surface area contributed by atoms with E-state index >= 15 is 0 Å². The molecule has 0 heterocycles. The first-order valence-electron chi connectivity index (χ1n) is 11.4. The minimum absolute atomic E-state index is 0.0346. The molecule has 0 spiro atoms. The molecule has 31 heavy (non-hydrogen) atoms. The zero-order valence-electron chi connectivity index (χ0n) is 18.7. The molecule has 0 radical (unpaired) electrons. The number of ether oxygens (including phenoxy) is 1. The van der Waals surface area contributed by atoms with Gasteiger partial charge in [-0.05, 0) is 42.5 Å². The van der Waals surface area contributed by atoms with Gasteiger partial charge in [-0.1, -0.05) is 68.7 Å². The van der Waals surface area contributed by atoms with Crippen molar-refractivity contribution in [3.63, 3.8) is 0 Å². The van der Waals surface area contributed by atoms with Crippen LogP contribution < -0.4 is 10.1 Å². The van der Waals surface area contributed by atoms with Gasteiger partial charge in [0.2, 0.25) is 11.8 Å². The second-order valence-corrected chi connectivity index (χ2v) is 8.30. The highest BCUT2D eigenvalue weighted by Gasteiger charge is 2.30. The molecule has 1 N–H and O–H groups in total. The SMILES string of the molecule is CCC(C(=O)NC1CCCCC1)N(Cc1ccc(OC)cc1)C(=O)Cc1ccccc1. The van der Waals surface area contributed by atoms with Gasteiger partial charge in [-0.15, -0.1) is 0 Å². The molecule has 0 aliphatic heterocycles. The van der Waals surface area contributed by atoms with Gasteiger partial charge in [-0.25, -0.2) is 0 Å². The van der Waals surface area contributed by atoms with E-state index in [9.17, 15) is 9.59 Å². The first-order chi connectivity index (χ1) is 15.1. The molecule has 0 bridgehead atoms. The summed E-state index contributed by atoms with van der Waals surface area (Å²) in [6, 6.07) is 17.1. The van der Waals surface area contributed by atoms with Crippen LogP contribution in [0.4, 0.5) is 0 Å². The highest BCUT2D eigenvalue weighted by molar-refractivity contribution is 5.88. The Morgan fingerprint density at radius 1 is 1.00 bits per heavy atom. The average Bonchev–Trinajstić information content (AvgIpc) is 2.80. The zero-order valence-corrected chi connectivity index (χ0v) is 18.7. The van der Waals surface area contributed by atoms with Crippen LogP contribution >= 0.6 is 0 Å². The van der Waals surface area contributed by atoms with Crippen molar-refractivity contribution in [3.05, 3.63) is 65.7 Å². The minimum atomic E-state index is -0.486. The number of hydrogen-bond donors (Lipinski definition) is 1. The highest BCUT2D eigenvalue weighted by atomic mass is 16.5. The summed E-state index contributed by atoms with van der Waals surface area (Å²) in [5.41, 5.74) is 1.93. The molecule has 166 valence electrons. The van der Waals surface area contributed by atoms with Crippen molar-refractivity contribution in [1.29, 1.82) is 0 Å². The summed E-state index contributed by atoms with van der Waals surface area (Å²) in [6.45, 7) is 2.37. The van der Waals surface area contributed by atoms with Crippen LogP contribution in [0.5, 0.6) is 5.75 Å². The molecule has 1 fully saturated rings. The van der Waals surface area contributed by atoms with Gasteiger partial charge in [0.05, 0.1) is 13.5 Å². The van der Waals surface area contributed by atoms with Crippen molar-refractivity contribution in [3.8, 4) is 5.75 Å². The van der Waals surface area contributed by atoms with Crippen molar-refractivity contribution < 1.29 is 14.3 Å². The number of rotatable bonds is 9. The monoisotopic (exact) mass is 422 g/mol. The van der Waals surface area contributed by atoms with E-state index in [0.29, 0.717) is 13.0 Å². The zero-order chi connectivity index (χ0) is 22.1. The lowest BCUT2D eigenvalue weighted by Gasteiger charge is -2.33. The smallest absolute Gasteiger partial charge is 0.243 e. The van der Waals surface area contributed by atoms with Crippen LogP contribution in [0, 0.1) is 0 Å². The number of nitrogens with one attached hydrogen (secondary N) is 1. The number of hydrogen-bond acceptors (Lipinski definition) is 3. The highest BCUT2D eigenvalue weighted by Crippen LogP contribution is 2.20. The van der Waals surface area contributed by atoms with Crippen molar-refractivity contribution in [2.75, 3.05) is 7.11 Å². The molecule has 2 amide bonds. The van der Waals surface area contributed by atoms with E-state index < -0.39 is 6.04 Å². The molecule has 1 saturated carbocycles. The Morgan fingerprint density at radius 2 is 1.68 bits per heavy atom. The maximum absolute atomic E-state index is 13.4. The van der Waals surface area contributed by atoms with E-state index in [1.54, 1.807) is 12.0 Å². The summed E-state index contributed by atoms with van der Waals surface area (Å²) >= 11 is 0. The Hall–Kier alpha value is -2.82. The fourth-order valence-corrected chi connectivity index (χ4v) is 4.26. The van der Waals surface area contributed by atoms with Crippen molar-refractivity contribution in [2.24, 2.45) is 0 Å². The van der Waals surface area contributed by atoms with Crippen molar-refractivity contribution in [1.82, 2.24) is 10.2 Å². The quantitative estimate of drug-likeness (QED) is 0.648. The van der Waals surface area contributed by atoms with Gasteiger partial charge < -0.3 is 15.0 Å². The van der Waals surface area contributed by atoms with E-state index in [1.807, 2.05) is 61.5 Å². The number of methoxy groups -OCH3 is 1. The fraction of sp³-hybridized carbons (Fsp3) is 0.462. The topological polar surface area (TPSA) is 58.6 Å². The third-order valence-corrected chi connectivity index (χ3v) is 6.05. The fourth-order valence-electron chi connectivity index (χ4n) is 4.26. The predicted molar refractivity (Wildman–Crippen MR) is 123 cm³/mol. The Labute approximate surface area is 185 Å². The molecule has 2 aromatic carbocycles. The molecular weight excluding hydrogens is 388 g/mol. The molecule has 1 unspecified atom stereocenters. The van der Waals surface area contributed by atoms with Gasteiger partial charge in [0.1, 0.15) is 11.8 Å². The van der Waals surface area contributed by atoms with Crippen LogP contribution in [-0.4, -0.2) is 35.9 Å². The van der Waals surface area contributed by atoms with Crippen LogP contribution in [0.3, 0.4) is 0 Å². The van der Waals surface area contributed by atoms with Crippen LogP contribution in [0.15, 0.2) is 54.6 Å². The van der Waals surface area contributed by atoms with E-state index in [4.69, 9.17) is 4.74 Å². The number of amides is 2. The van der Waals surface area contributed by atoms with Gasteiger partial charge in [-0.3, -0.25) is 9.59 Å². The molecule has 3 rings (SSSR count). The maximum Gasteiger partial charge on any atom is 0.243 e. The standard InChI is InChI=1S/C26H34N2O3/c1-3-24(26(30)27-22-12-8-5-9-13-22)28(19-21-14-16-23(31-2)17-15-21)25(29)18-20-10-6-4-7-11-20/h4,6-7,10-11,14-17,22,24H,3,5,8-9,12-13,18-19H2,1-2H3,(H,27,30). The summed E-state index contributed by atoms with van der Waals surface area (Å²) in [5.74, 6) is 0.699. The van der Waals surface area contributed by atoms with Gasteiger partial charge in [0.25, 0.3) is 0 Å². The molecule has 1 aliphatic carbocycles. The lowest BCUT2D eigenvalue weighted by molar-refractivity contribution is -0.141. The van der Waals surface area contributed by atoms with Gasteiger partial charge >= 0.3 is 0 Å². The molecule has 5 nitrogen and oxygen atoms in total. The molecule has 2 aromatic rings. The number of benzene rings is 2. The Kier molecular flexibility index (Phi) is 8.51. The van der Waals surface area contributed by atoms with Crippen LogP contribution in [-0.2, 0) is 22.6 Å². The van der Waals surface area contributed by atoms with Crippen molar-refractivity contribution in [2.45, 2.75) is 70.5 Å². The number of carbonyl (C=O) groups is 2. The van der Waals surface area contributed by atoms with Crippen LogP contribution in [0.25, 0.3) is 0 Å². The summed E-state index contributed by atoms with van der Waals surface area (Å²) < 4.78 is 5.25. The molecule has 5 heteroatoms. The normalized spacial score (nSPS) is 15.2. The maximum atomic E-state index is 13.4. The summed E-state index contributed by atoms with van der Waals surface area (Å²) in [6.07, 6.45) is 6.47. The third-order valence-electron chi connectivity index (χ3n) is 6.05. The number of carbonyl (C=O) groups excluding carboxylic acids is 2. The van der Waals surface area contributed by atoms with Crippen LogP contribution in [0.2, 0.25) is 0 Å². The first-order valence-corrected chi connectivity index (χ1v) is 11.4. The Morgan fingerprint density at radius 3 is 2.29 bits per heavy atom. The Bertz CT molecular complexity index is 829. The molecule has 1 aliphatic rings. The second-order valence-electron chi connectivity index (χ2n) is 8.30. The van der Waals surface area contributed by atoms with Gasteiger partial charge in [0, 0.05) is 12.6 Å². The second kappa shape index (κ2) is 11.5. The molecule has 0 aromatic heterocycles. The van der Waals surface area contributed by atoms with E-state index in [2.05, 4.69) is 5.32 Å². The lowest BCUT2D eigenvalue weighted by atomic mass is 9.95. The molecular formula is C26H34N2O3. The van der Waals surface area contributed by atoms with Gasteiger partial charge in [-0.2, -0.15) is 0 Å². The third kappa shape index (κ3) is 6.58. The van der Waals surface area contributed by atoms with Crippen molar-refractivity contribution >= 4 is 11.8 Å². The summed E-state index contributed by atoms with van der Waals surface area (Å²) in [5, 5.41) is 3.22. The van der Waals surface area contributed by atoms with E-state index in [0.717, 1.165) is 42.6 Å². The Balaban J connectivity index is 1.78. The molecule has 1 atom stereocenters. The summed E-state index contributed by atoms with van der Waals surface area (Å²) in [4.78, 5) is 28.3. The molecule has 0 saturated heterocycles. The predicted octanol–water partition coefficient (Wildman–Crippen LogP) is 4.49. The first kappa shape index (κ1) is 22.9. The minimum Gasteiger partial charge on any atom is -0.497 e. The van der Waals surface area contributed by atoms with E-state index in [-0.39, 0.29) is 24.3 Å². The largest absolute Gasteiger partial charge is 0.497 e. The summed E-state index contributed by atoms with van der Waals surface area (Å²) in [7, 11) is 1.63.